The van der Waals surface area contributed by atoms with Crippen LogP contribution in [-0.4, -0.2) is 9.38 Å². The number of halogens is 3. The second-order valence-corrected chi connectivity index (χ2v) is 6.70. The molecule has 0 radical (unpaired) electrons. The Morgan fingerprint density at radius 3 is 2.68 bits per heavy atom. The van der Waals surface area contributed by atoms with Gasteiger partial charge < -0.3 is 0 Å². The molecule has 0 N–H and O–H groups in total. The Labute approximate surface area is 146 Å². The minimum atomic E-state index is -4.34. The van der Waals surface area contributed by atoms with Gasteiger partial charge in [-0.2, -0.15) is 24.9 Å². The number of thioether (sulfide) groups is 1. The summed E-state index contributed by atoms with van der Waals surface area (Å²) in [7, 11) is 0. The van der Waals surface area contributed by atoms with Crippen molar-refractivity contribution in [3.8, 4) is 0 Å². The first-order valence-corrected chi connectivity index (χ1v) is 8.71. The summed E-state index contributed by atoms with van der Waals surface area (Å²) in [5.41, 5.74) is 1.92. The lowest BCUT2D eigenvalue weighted by Crippen LogP contribution is -2.15. The number of aryl methyl sites for hydroxylation is 1. The van der Waals surface area contributed by atoms with Crippen molar-refractivity contribution in [2.45, 2.75) is 24.6 Å². The van der Waals surface area contributed by atoms with Crippen LogP contribution in [-0.2, 0) is 17.7 Å². The zero-order valence-corrected chi connectivity index (χ0v) is 14.2. The van der Waals surface area contributed by atoms with E-state index in [2.05, 4.69) is 4.98 Å². The van der Waals surface area contributed by atoms with Gasteiger partial charge in [-0.3, -0.25) is 9.20 Å². The van der Waals surface area contributed by atoms with Gasteiger partial charge in [0.25, 0.3) is 5.56 Å². The van der Waals surface area contributed by atoms with Gasteiger partial charge in [0, 0.05) is 23.8 Å². The Kier molecular flexibility index (Phi) is 4.85. The predicted molar refractivity (Wildman–Crippen MR) is 92.6 cm³/mol. The van der Waals surface area contributed by atoms with Crippen molar-refractivity contribution in [2.24, 2.45) is 0 Å². The smallest absolute Gasteiger partial charge is 0.269 e. The molecular formula is C18H15F3N2OS. The van der Waals surface area contributed by atoms with Gasteiger partial charge in [-0.05, 0) is 30.2 Å². The molecular weight excluding hydrogens is 349 g/mol. The number of fused-ring (bicyclic) bond motifs is 1. The van der Waals surface area contributed by atoms with Crippen LogP contribution in [0.3, 0.4) is 0 Å². The molecule has 2 heterocycles. The van der Waals surface area contributed by atoms with Crippen LogP contribution in [0.5, 0.6) is 0 Å². The molecule has 0 saturated carbocycles. The number of hydrogen-bond acceptors (Lipinski definition) is 3. The fourth-order valence-electron chi connectivity index (χ4n) is 2.44. The molecule has 0 spiro atoms. The van der Waals surface area contributed by atoms with Gasteiger partial charge in [0.1, 0.15) is 5.65 Å². The minimum Gasteiger partial charge on any atom is -0.269 e. The van der Waals surface area contributed by atoms with Crippen LogP contribution < -0.4 is 5.56 Å². The summed E-state index contributed by atoms with van der Waals surface area (Å²) in [5.74, 6) is 0.870. The Balaban J connectivity index is 1.71. The summed E-state index contributed by atoms with van der Waals surface area (Å²) >= 11 is 1.42. The molecule has 0 unspecified atom stereocenters. The van der Waals surface area contributed by atoms with Crippen LogP contribution in [0.1, 0.15) is 22.4 Å². The maximum atomic E-state index is 12.7. The topological polar surface area (TPSA) is 34.4 Å². The average molecular weight is 364 g/mol. The van der Waals surface area contributed by atoms with Gasteiger partial charge in [-0.15, -0.1) is 0 Å². The third-order valence-electron chi connectivity index (χ3n) is 3.63. The van der Waals surface area contributed by atoms with E-state index in [1.807, 2.05) is 13.0 Å². The van der Waals surface area contributed by atoms with Crippen LogP contribution in [0.25, 0.3) is 5.65 Å². The molecule has 3 nitrogen and oxygen atoms in total. The Hall–Kier alpha value is -2.28. The molecule has 0 aliphatic heterocycles. The lowest BCUT2D eigenvalue weighted by molar-refractivity contribution is -0.137. The van der Waals surface area contributed by atoms with E-state index >= 15 is 0 Å². The summed E-state index contributed by atoms with van der Waals surface area (Å²) in [4.78, 5) is 16.6. The molecule has 0 aliphatic carbocycles. The Morgan fingerprint density at radius 1 is 1.12 bits per heavy atom. The summed E-state index contributed by atoms with van der Waals surface area (Å²) < 4.78 is 39.6. The van der Waals surface area contributed by atoms with Gasteiger partial charge in [-0.1, -0.05) is 24.3 Å². The molecule has 0 fully saturated rings. The highest BCUT2D eigenvalue weighted by Gasteiger charge is 2.30. The number of hydrogen-bond donors (Lipinski definition) is 0. The van der Waals surface area contributed by atoms with E-state index in [0.29, 0.717) is 28.4 Å². The van der Waals surface area contributed by atoms with Gasteiger partial charge in [0.15, 0.2) is 0 Å². The first-order valence-electron chi connectivity index (χ1n) is 7.56. The van der Waals surface area contributed by atoms with E-state index in [0.717, 1.165) is 17.7 Å². The van der Waals surface area contributed by atoms with E-state index in [9.17, 15) is 18.0 Å². The van der Waals surface area contributed by atoms with E-state index in [4.69, 9.17) is 0 Å². The standard InChI is InChI=1S/C18H15F3N2OS/c1-12-5-6-16-22-15(8-17(24)23(16)9-12)11-25-10-13-3-2-4-14(7-13)18(19,20)21/h2-9H,10-11H2,1H3. The van der Waals surface area contributed by atoms with Crippen LogP contribution in [0.4, 0.5) is 13.2 Å². The van der Waals surface area contributed by atoms with Gasteiger partial charge in [0.2, 0.25) is 0 Å². The van der Waals surface area contributed by atoms with Gasteiger partial charge in [-0.25, -0.2) is 4.98 Å². The molecule has 1 aromatic carbocycles. The van der Waals surface area contributed by atoms with Crippen LogP contribution in [0, 0.1) is 6.92 Å². The fourth-order valence-corrected chi connectivity index (χ4v) is 3.32. The molecule has 3 rings (SSSR count). The highest BCUT2D eigenvalue weighted by atomic mass is 32.2. The number of benzene rings is 1. The number of rotatable bonds is 4. The molecule has 0 bridgehead atoms. The first-order chi connectivity index (χ1) is 11.8. The van der Waals surface area contributed by atoms with E-state index in [1.165, 1.54) is 28.3 Å². The molecule has 0 saturated heterocycles. The van der Waals surface area contributed by atoms with Crippen molar-refractivity contribution in [2.75, 3.05) is 0 Å². The highest BCUT2D eigenvalue weighted by Crippen LogP contribution is 2.30. The zero-order chi connectivity index (χ0) is 18.0. The number of alkyl halides is 3. The van der Waals surface area contributed by atoms with Crippen molar-refractivity contribution in [3.63, 3.8) is 0 Å². The normalized spacial score (nSPS) is 11.8. The third-order valence-corrected chi connectivity index (χ3v) is 4.67. The molecule has 0 aliphatic rings. The zero-order valence-electron chi connectivity index (χ0n) is 13.4. The minimum absolute atomic E-state index is 0.164. The molecule has 130 valence electrons. The lowest BCUT2D eigenvalue weighted by atomic mass is 10.1. The molecule has 0 amide bonds. The van der Waals surface area contributed by atoms with Crippen molar-refractivity contribution in [3.05, 3.63) is 81.4 Å². The van der Waals surface area contributed by atoms with Crippen molar-refractivity contribution >= 4 is 17.4 Å². The van der Waals surface area contributed by atoms with Gasteiger partial charge >= 0.3 is 6.18 Å². The lowest BCUT2D eigenvalue weighted by Gasteiger charge is -2.09. The molecule has 7 heteroatoms. The van der Waals surface area contributed by atoms with Crippen molar-refractivity contribution in [1.29, 1.82) is 0 Å². The molecule has 3 aromatic rings. The van der Waals surface area contributed by atoms with Gasteiger partial charge in [0.05, 0.1) is 11.3 Å². The van der Waals surface area contributed by atoms with Crippen LogP contribution in [0.15, 0.2) is 53.5 Å². The molecule has 2 aromatic heterocycles. The second kappa shape index (κ2) is 6.92. The van der Waals surface area contributed by atoms with E-state index < -0.39 is 11.7 Å². The highest BCUT2D eigenvalue weighted by molar-refractivity contribution is 7.97. The Morgan fingerprint density at radius 2 is 1.92 bits per heavy atom. The first kappa shape index (κ1) is 17.5. The maximum absolute atomic E-state index is 12.7. The van der Waals surface area contributed by atoms with Crippen LogP contribution in [0.2, 0.25) is 0 Å². The number of pyridine rings is 1. The summed E-state index contributed by atoms with van der Waals surface area (Å²) in [6, 6.07) is 10.4. The van der Waals surface area contributed by atoms with E-state index in [1.54, 1.807) is 18.3 Å². The largest absolute Gasteiger partial charge is 0.416 e. The number of aromatic nitrogens is 2. The quantitative estimate of drug-likeness (QED) is 0.686. The number of nitrogens with zero attached hydrogens (tertiary/aromatic N) is 2. The van der Waals surface area contributed by atoms with Crippen LogP contribution >= 0.6 is 11.8 Å². The monoisotopic (exact) mass is 364 g/mol. The second-order valence-electron chi connectivity index (χ2n) is 5.71. The SMILES string of the molecule is Cc1ccc2nc(CSCc3cccc(C(F)(F)F)c3)cc(=O)n2c1. The van der Waals surface area contributed by atoms with E-state index in [-0.39, 0.29) is 5.56 Å². The van der Waals surface area contributed by atoms with Crippen molar-refractivity contribution in [1.82, 2.24) is 9.38 Å². The Bertz CT molecular complexity index is 966. The average Bonchev–Trinajstić information content (AvgIpc) is 2.55. The third kappa shape index (κ3) is 4.22. The summed E-state index contributed by atoms with van der Waals surface area (Å²) in [6.07, 6.45) is -2.61. The predicted octanol–water partition coefficient (Wildman–Crippen LogP) is 4.46. The molecule has 25 heavy (non-hydrogen) atoms. The van der Waals surface area contributed by atoms with Crippen molar-refractivity contribution < 1.29 is 13.2 Å². The fraction of sp³-hybridized carbons (Fsp3) is 0.222. The molecule has 0 atom stereocenters. The summed E-state index contributed by atoms with van der Waals surface area (Å²) in [5, 5.41) is 0. The summed E-state index contributed by atoms with van der Waals surface area (Å²) in [6.45, 7) is 1.89. The maximum Gasteiger partial charge on any atom is 0.416 e.